The molecule has 0 radical (unpaired) electrons. The van der Waals surface area contributed by atoms with E-state index in [-0.39, 0.29) is 22.3 Å². The molecular formula is C15H11NO6. The van der Waals surface area contributed by atoms with Crippen LogP contribution in [0.25, 0.3) is 11.1 Å². The van der Waals surface area contributed by atoms with Gasteiger partial charge in [-0.3, -0.25) is 0 Å². The summed E-state index contributed by atoms with van der Waals surface area (Å²) in [5, 5.41) is 18.4. The fourth-order valence-corrected chi connectivity index (χ4v) is 2.07. The number of benzene rings is 2. The van der Waals surface area contributed by atoms with Gasteiger partial charge >= 0.3 is 17.9 Å². The SMILES string of the molecule is NOC(=O)c1cc(C(=O)O)cc(C(=O)O)c1-c1ccccc1. The van der Waals surface area contributed by atoms with Crippen molar-refractivity contribution in [1.82, 2.24) is 0 Å². The molecule has 2 rings (SSSR count). The van der Waals surface area contributed by atoms with Crippen molar-refractivity contribution < 1.29 is 29.4 Å². The fourth-order valence-electron chi connectivity index (χ4n) is 2.07. The highest BCUT2D eigenvalue weighted by Crippen LogP contribution is 2.30. The van der Waals surface area contributed by atoms with E-state index >= 15 is 0 Å². The zero-order chi connectivity index (χ0) is 16.3. The van der Waals surface area contributed by atoms with Gasteiger partial charge in [-0.05, 0) is 17.7 Å². The van der Waals surface area contributed by atoms with E-state index < -0.39 is 17.9 Å². The number of carboxylic acid groups (broad SMARTS) is 2. The first-order chi connectivity index (χ1) is 10.5. The van der Waals surface area contributed by atoms with Gasteiger partial charge in [-0.15, -0.1) is 0 Å². The number of hydrogen-bond acceptors (Lipinski definition) is 5. The van der Waals surface area contributed by atoms with E-state index in [1.807, 2.05) is 0 Å². The summed E-state index contributed by atoms with van der Waals surface area (Å²) in [6.07, 6.45) is 0. The van der Waals surface area contributed by atoms with Crippen LogP contribution in [0.3, 0.4) is 0 Å². The number of rotatable bonds is 4. The normalized spacial score (nSPS) is 10.0. The topological polar surface area (TPSA) is 127 Å². The molecular weight excluding hydrogens is 290 g/mol. The van der Waals surface area contributed by atoms with Crippen LogP contribution in [0.5, 0.6) is 0 Å². The number of carbonyl (C=O) groups excluding carboxylic acids is 1. The van der Waals surface area contributed by atoms with E-state index in [1.54, 1.807) is 30.3 Å². The first kappa shape index (κ1) is 15.2. The van der Waals surface area contributed by atoms with Crippen LogP contribution in [0.15, 0.2) is 42.5 Å². The minimum absolute atomic E-state index is 0.0496. The zero-order valence-electron chi connectivity index (χ0n) is 11.1. The monoisotopic (exact) mass is 301 g/mol. The second-order valence-electron chi connectivity index (χ2n) is 4.33. The second-order valence-corrected chi connectivity index (χ2v) is 4.33. The lowest BCUT2D eigenvalue weighted by molar-refractivity contribution is 0.0504. The van der Waals surface area contributed by atoms with Crippen LogP contribution in [0.2, 0.25) is 0 Å². The number of hydrogen-bond donors (Lipinski definition) is 3. The summed E-state index contributed by atoms with van der Waals surface area (Å²) in [4.78, 5) is 38.5. The molecule has 0 heterocycles. The lowest BCUT2D eigenvalue weighted by Crippen LogP contribution is -2.15. The van der Waals surface area contributed by atoms with Crippen molar-refractivity contribution in [3.05, 3.63) is 59.2 Å². The molecule has 7 nitrogen and oxygen atoms in total. The Hall–Kier alpha value is -3.19. The molecule has 2 aromatic rings. The van der Waals surface area contributed by atoms with Crippen LogP contribution >= 0.6 is 0 Å². The minimum atomic E-state index is -1.37. The summed E-state index contributed by atoms with van der Waals surface area (Å²) in [6, 6.07) is 10.2. The number of aromatic carboxylic acids is 2. The maximum atomic E-state index is 11.8. The van der Waals surface area contributed by atoms with Gasteiger partial charge in [-0.2, -0.15) is 5.90 Å². The maximum Gasteiger partial charge on any atom is 0.357 e. The van der Waals surface area contributed by atoms with Crippen molar-refractivity contribution in [3.8, 4) is 11.1 Å². The van der Waals surface area contributed by atoms with Gasteiger partial charge in [0.1, 0.15) is 0 Å². The molecule has 112 valence electrons. The number of carboxylic acids is 2. The molecule has 2 aromatic carbocycles. The number of carbonyl (C=O) groups is 3. The highest BCUT2D eigenvalue weighted by Gasteiger charge is 2.24. The summed E-state index contributed by atoms with van der Waals surface area (Å²) in [5.74, 6) is 1.10. The molecule has 0 aliphatic rings. The van der Waals surface area contributed by atoms with Crippen LogP contribution in [0.1, 0.15) is 31.1 Å². The van der Waals surface area contributed by atoms with E-state index in [2.05, 4.69) is 4.84 Å². The Kier molecular flexibility index (Phi) is 4.19. The van der Waals surface area contributed by atoms with Gasteiger partial charge in [0.25, 0.3) is 0 Å². The van der Waals surface area contributed by atoms with Gasteiger partial charge in [-0.25, -0.2) is 14.4 Å². The van der Waals surface area contributed by atoms with Gasteiger partial charge in [0.15, 0.2) is 0 Å². The van der Waals surface area contributed by atoms with E-state index in [9.17, 15) is 19.5 Å². The predicted molar refractivity (Wildman–Crippen MR) is 75.4 cm³/mol. The third-order valence-electron chi connectivity index (χ3n) is 3.01. The Balaban J connectivity index is 2.86. The molecule has 0 saturated heterocycles. The molecule has 0 amide bonds. The second kappa shape index (κ2) is 6.06. The van der Waals surface area contributed by atoms with E-state index in [4.69, 9.17) is 11.0 Å². The van der Waals surface area contributed by atoms with Gasteiger partial charge in [-0.1, -0.05) is 30.3 Å². The summed E-state index contributed by atoms with van der Waals surface area (Å²) >= 11 is 0. The summed E-state index contributed by atoms with van der Waals surface area (Å²) in [5.41, 5.74) is -0.430. The third-order valence-corrected chi connectivity index (χ3v) is 3.01. The Labute approximate surface area is 124 Å². The van der Waals surface area contributed by atoms with E-state index in [0.717, 1.165) is 12.1 Å². The van der Waals surface area contributed by atoms with Crippen molar-refractivity contribution in [2.75, 3.05) is 0 Å². The van der Waals surface area contributed by atoms with Crippen LogP contribution in [-0.2, 0) is 4.84 Å². The molecule has 4 N–H and O–H groups in total. The first-order valence-corrected chi connectivity index (χ1v) is 6.06. The molecule has 0 spiro atoms. The standard InChI is InChI=1S/C15H11NO6/c16-22-15(21)11-7-9(13(17)18)6-10(14(19)20)12(11)8-4-2-1-3-5-8/h1-7H,16H2,(H,17,18)(H,19,20). The Morgan fingerprint density at radius 2 is 1.50 bits per heavy atom. The molecule has 0 aliphatic carbocycles. The Morgan fingerprint density at radius 1 is 0.909 bits per heavy atom. The highest BCUT2D eigenvalue weighted by atomic mass is 16.7. The van der Waals surface area contributed by atoms with Crippen molar-refractivity contribution in [1.29, 1.82) is 0 Å². The van der Waals surface area contributed by atoms with Crippen molar-refractivity contribution >= 4 is 17.9 Å². The average molecular weight is 301 g/mol. The maximum absolute atomic E-state index is 11.8. The summed E-state index contributed by atoms with van der Waals surface area (Å²) in [6.45, 7) is 0. The van der Waals surface area contributed by atoms with Crippen LogP contribution in [0, 0.1) is 0 Å². The molecule has 0 aliphatic heterocycles. The van der Waals surface area contributed by atoms with E-state index in [1.165, 1.54) is 0 Å². The first-order valence-electron chi connectivity index (χ1n) is 6.06. The van der Waals surface area contributed by atoms with Crippen LogP contribution in [-0.4, -0.2) is 28.1 Å². The number of nitrogens with two attached hydrogens (primary N) is 1. The summed E-state index contributed by atoms with van der Waals surface area (Å²) in [7, 11) is 0. The Morgan fingerprint density at radius 3 is 2.00 bits per heavy atom. The highest BCUT2D eigenvalue weighted by molar-refractivity contribution is 6.08. The fraction of sp³-hybridized carbons (Fsp3) is 0. The van der Waals surface area contributed by atoms with Crippen molar-refractivity contribution in [2.24, 2.45) is 5.90 Å². The van der Waals surface area contributed by atoms with Crippen LogP contribution in [0.4, 0.5) is 0 Å². The average Bonchev–Trinajstić information content (AvgIpc) is 2.53. The molecule has 0 aromatic heterocycles. The molecule has 0 bridgehead atoms. The smallest absolute Gasteiger partial charge is 0.357 e. The van der Waals surface area contributed by atoms with Crippen LogP contribution < -0.4 is 5.90 Å². The van der Waals surface area contributed by atoms with Crippen molar-refractivity contribution in [2.45, 2.75) is 0 Å². The molecule has 7 heteroatoms. The summed E-state index contributed by atoms with van der Waals surface area (Å²) < 4.78 is 0. The molecule has 0 fully saturated rings. The van der Waals surface area contributed by atoms with Gasteiger partial charge in [0, 0.05) is 5.56 Å². The molecule has 22 heavy (non-hydrogen) atoms. The predicted octanol–water partition coefficient (Wildman–Crippen LogP) is 1.78. The van der Waals surface area contributed by atoms with Gasteiger partial charge in [0.2, 0.25) is 0 Å². The molecule has 0 saturated carbocycles. The Bertz CT molecular complexity index is 754. The van der Waals surface area contributed by atoms with Gasteiger partial charge in [0.05, 0.1) is 16.7 Å². The lowest BCUT2D eigenvalue weighted by Gasteiger charge is -2.12. The lowest BCUT2D eigenvalue weighted by atomic mass is 9.92. The zero-order valence-corrected chi connectivity index (χ0v) is 11.1. The molecule has 0 unspecified atom stereocenters. The quantitative estimate of drug-likeness (QED) is 0.734. The minimum Gasteiger partial charge on any atom is -0.478 e. The van der Waals surface area contributed by atoms with E-state index in [0.29, 0.717) is 5.56 Å². The largest absolute Gasteiger partial charge is 0.478 e. The third kappa shape index (κ3) is 2.79. The molecule has 0 atom stereocenters. The van der Waals surface area contributed by atoms with Gasteiger partial charge < -0.3 is 15.1 Å². The van der Waals surface area contributed by atoms with Crippen molar-refractivity contribution in [3.63, 3.8) is 0 Å².